The highest BCUT2D eigenvalue weighted by Gasteiger charge is 2.33. The number of carbonyl (C=O) groups is 2. The van der Waals surface area contributed by atoms with Gasteiger partial charge in [0.15, 0.2) is 11.6 Å². The Kier molecular flexibility index (Phi) is 3.14. The van der Waals surface area contributed by atoms with Gasteiger partial charge in [-0.2, -0.15) is 0 Å². The quantitative estimate of drug-likeness (QED) is 0.534. The fourth-order valence-electron chi connectivity index (χ4n) is 2.89. The molecule has 0 fully saturated rings. The van der Waals surface area contributed by atoms with E-state index < -0.39 is 0 Å². The third-order valence-electron chi connectivity index (χ3n) is 3.85. The molecule has 3 rings (SSSR count). The Morgan fingerprint density at radius 1 is 1.00 bits per heavy atom. The Balaban J connectivity index is 2.36. The molecule has 2 aromatic carbocycles. The smallest absolute Gasteiger partial charge is 0.196 e. The molecule has 2 N–H and O–H groups in total. The maximum atomic E-state index is 12.7. The van der Waals surface area contributed by atoms with Crippen LogP contribution in [-0.4, -0.2) is 11.6 Å². The van der Waals surface area contributed by atoms with E-state index in [4.69, 9.17) is 5.73 Å². The molecule has 0 amide bonds. The molecule has 21 heavy (non-hydrogen) atoms. The molecule has 1 aliphatic rings. The molecule has 0 aromatic heterocycles. The average Bonchev–Trinajstić information content (AvgIpc) is 2.44. The second-order valence-corrected chi connectivity index (χ2v) is 5.99. The second-order valence-electron chi connectivity index (χ2n) is 5.50. The minimum absolute atomic E-state index is 0.128. The van der Waals surface area contributed by atoms with Crippen LogP contribution in [0.3, 0.4) is 0 Å². The summed E-state index contributed by atoms with van der Waals surface area (Å²) >= 11 is 4.44. The average molecular weight is 297 g/mol. The van der Waals surface area contributed by atoms with Crippen LogP contribution in [0.25, 0.3) is 0 Å². The summed E-state index contributed by atoms with van der Waals surface area (Å²) in [5, 5.41) is 0. The standard InChI is InChI=1S/C17H15NO2S/c1-8(2)13-12(21)7-11-14(15(13)18)17(20)10-6-4-3-5-9(10)16(11)19/h3-8,21H,18H2,1-2H3. The number of fused-ring (bicyclic) bond motifs is 2. The number of ketones is 2. The molecule has 0 saturated carbocycles. The zero-order valence-corrected chi connectivity index (χ0v) is 12.7. The summed E-state index contributed by atoms with van der Waals surface area (Å²) in [4.78, 5) is 26.0. The van der Waals surface area contributed by atoms with E-state index in [0.29, 0.717) is 32.8 Å². The first-order chi connectivity index (χ1) is 9.93. The molecule has 0 bridgehead atoms. The SMILES string of the molecule is CC(C)c1c(S)cc2c(c1N)C(=O)c1ccccc1C2=O. The second kappa shape index (κ2) is 4.74. The number of hydrogen-bond acceptors (Lipinski definition) is 4. The van der Waals surface area contributed by atoms with Crippen LogP contribution in [0.15, 0.2) is 35.2 Å². The molecule has 3 nitrogen and oxygen atoms in total. The normalized spacial score (nSPS) is 13.3. The fraction of sp³-hybridized carbons (Fsp3) is 0.176. The lowest BCUT2D eigenvalue weighted by atomic mass is 9.81. The van der Waals surface area contributed by atoms with Crippen molar-refractivity contribution >= 4 is 29.9 Å². The Labute approximate surface area is 128 Å². The monoisotopic (exact) mass is 297 g/mol. The molecule has 4 heteroatoms. The number of anilines is 1. The molecule has 0 spiro atoms. The van der Waals surface area contributed by atoms with Gasteiger partial charge in [0, 0.05) is 27.3 Å². The van der Waals surface area contributed by atoms with Gasteiger partial charge in [-0.25, -0.2) is 0 Å². The number of rotatable bonds is 1. The van der Waals surface area contributed by atoms with Crippen molar-refractivity contribution in [3.63, 3.8) is 0 Å². The van der Waals surface area contributed by atoms with Gasteiger partial charge >= 0.3 is 0 Å². The summed E-state index contributed by atoms with van der Waals surface area (Å²) in [7, 11) is 0. The highest BCUT2D eigenvalue weighted by atomic mass is 32.1. The van der Waals surface area contributed by atoms with E-state index in [0.717, 1.165) is 5.56 Å². The summed E-state index contributed by atoms with van der Waals surface area (Å²) in [5.74, 6) is -0.228. The molecule has 106 valence electrons. The first kappa shape index (κ1) is 13.9. The molecular weight excluding hydrogens is 282 g/mol. The molecule has 2 aromatic rings. The van der Waals surface area contributed by atoms with Gasteiger partial charge in [-0.3, -0.25) is 9.59 Å². The van der Waals surface area contributed by atoms with Crippen LogP contribution < -0.4 is 5.73 Å². The van der Waals surface area contributed by atoms with Crippen molar-refractivity contribution in [2.45, 2.75) is 24.7 Å². The van der Waals surface area contributed by atoms with Crippen LogP contribution in [0, 0.1) is 0 Å². The number of nitrogens with two attached hydrogens (primary N) is 1. The first-order valence-corrected chi connectivity index (χ1v) is 7.22. The van der Waals surface area contributed by atoms with E-state index >= 15 is 0 Å². The Morgan fingerprint density at radius 3 is 2.14 bits per heavy atom. The van der Waals surface area contributed by atoms with Gasteiger partial charge in [-0.1, -0.05) is 38.1 Å². The van der Waals surface area contributed by atoms with Gasteiger partial charge in [-0.15, -0.1) is 12.6 Å². The predicted molar refractivity (Wildman–Crippen MR) is 85.5 cm³/mol. The summed E-state index contributed by atoms with van der Waals surface area (Å²) in [6.45, 7) is 3.97. The van der Waals surface area contributed by atoms with Gasteiger partial charge in [0.1, 0.15) is 0 Å². The van der Waals surface area contributed by atoms with Crippen molar-refractivity contribution in [1.29, 1.82) is 0 Å². The molecular formula is C17H15NO2S. The predicted octanol–water partition coefficient (Wildman–Crippen LogP) is 3.46. The van der Waals surface area contributed by atoms with E-state index in [9.17, 15) is 9.59 Å². The highest BCUT2D eigenvalue weighted by Crippen LogP contribution is 2.38. The molecule has 0 radical (unpaired) electrons. The summed E-state index contributed by atoms with van der Waals surface area (Å²) in [6, 6.07) is 8.51. The summed E-state index contributed by atoms with van der Waals surface area (Å²) < 4.78 is 0. The van der Waals surface area contributed by atoms with Crippen LogP contribution in [0.5, 0.6) is 0 Å². The van der Waals surface area contributed by atoms with Crippen LogP contribution in [0.4, 0.5) is 5.69 Å². The van der Waals surface area contributed by atoms with Crippen LogP contribution in [-0.2, 0) is 0 Å². The highest BCUT2D eigenvalue weighted by molar-refractivity contribution is 7.80. The number of nitrogen functional groups attached to an aromatic ring is 1. The van der Waals surface area contributed by atoms with Crippen molar-refractivity contribution in [3.05, 3.63) is 58.1 Å². The maximum absolute atomic E-state index is 12.7. The van der Waals surface area contributed by atoms with Gasteiger partial charge in [-0.05, 0) is 17.5 Å². The van der Waals surface area contributed by atoms with Gasteiger partial charge in [0.05, 0.1) is 5.56 Å². The van der Waals surface area contributed by atoms with E-state index in [2.05, 4.69) is 12.6 Å². The molecule has 0 saturated heterocycles. The fourth-order valence-corrected chi connectivity index (χ4v) is 3.40. The van der Waals surface area contributed by atoms with Gasteiger partial charge < -0.3 is 5.73 Å². The Bertz CT molecular complexity index is 794. The van der Waals surface area contributed by atoms with Crippen molar-refractivity contribution in [3.8, 4) is 0 Å². The minimum Gasteiger partial charge on any atom is -0.398 e. The molecule has 0 unspecified atom stereocenters. The van der Waals surface area contributed by atoms with E-state index in [1.807, 2.05) is 13.8 Å². The molecule has 0 aliphatic heterocycles. The lowest BCUT2D eigenvalue weighted by Gasteiger charge is -2.23. The van der Waals surface area contributed by atoms with E-state index in [-0.39, 0.29) is 17.5 Å². The lowest BCUT2D eigenvalue weighted by Crippen LogP contribution is -2.23. The minimum atomic E-state index is -0.187. The lowest BCUT2D eigenvalue weighted by molar-refractivity contribution is 0.0979. The van der Waals surface area contributed by atoms with Crippen LogP contribution >= 0.6 is 12.6 Å². The van der Waals surface area contributed by atoms with Crippen molar-refractivity contribution < 1.29 is 9.59 Å². The summed E-state index contributed by atoms with van der Waals surface area (Å²) in [5.41, 5.74) is 8.91. The largest absolute Gasteiger partial charge is 0.398 e. The van der Waals surface area contributed by atoms with Crippen molar-refractivity contribution in [1.82, 2.24) is 0 Å². The third-order valence-corrected chi connectivity index (χ3v) is 4.22. The number of thiol groups is 1. The molecule has 1 aliphatic carbocycles. The van der Waals surface area contributed by atoms with E-state index in [1.165, 1.54) is 0 Å². The van der Waals surface area contributed by atoms with Gasteiger partial charge in [0.25, 0.3) is 0 Å². The number of benzene rings is 2. The van der Waals surface area contributed by atoms with Crippen molar-refractivity contribution in [2.24, 2.45) is 0 Å². The zero-order chi connectivity index (χ0) is 15.3. The van der Waals surface area contributed by atoms with Crippen LogP contribution in [0.2, 0.25) is 0 Å². The molecule has 0 heterocycles. The summed E-state index contributed by atoms with van der Waals surface area (Å²) in [6.07, 6.45) is 0. The maximum Gasteiger partial charge on any atom is 0.196 e. The van der Waals surface area contributed by atoms with Crippen molar-refractivity contribution in [2.75, 3.05) is 5.73 Å². The molecule has 0 atom stereocenters. The number of carbonyl (C=O) groups excluding carboxylic acids is 2. The van der Waals surface area contributed by atoms with E-state index in [1.54, 1.807) is 30.3 Å². The number of hydrogen-bond donors (Lipinski definition) is 2. The zero-order valence-electron chi connectivity index (χ0n) is 11.8. The third kappa shape index (κ3) is 1.90. The van der Waals surface area contributed by atoms with Gasteiger partial charge in [0.2, 0.25) is 0 Å². The van der Waals surface area contributed by atoms with Crippen LogP contribution in [0.1, 0.15) is 57.2 Å². The Morgan fingerprint density at radius 2 is 1.57 bits per heavy atom. The Hall–Kier alpha value is -2.07. The topological polar surface area (TPSA) is 60.2 Å². The first-order valence-electron chi connectivity index (χ1n) is 6.77.